The van der Waals surface area contributed by atoms with E-state index in [0.717, 1.165) is 26.9 Å². The number of rotatable bonds is 8. The van der Waals surface area contributed by atoms with Gasteiger partial charge in [0, 0.05) is 10.7 Å². The lowest BCUT2D eigenvalue weighted by Crippen LogP contribution is -2.36. The van der Waals surface area contributed by atoms with Crippen molar-refractivity contribution in [3.05, 3.63) is 149 Å². The molecule has 0 unspecified atom stereocenters. The monoisotopic (exact) mass is 524 g/mol. The fourth-order valence-electron chi connectivity index (χ4n) is 4.52. The summed E-state index contributed by atoms with van der Waals surface area (Å²) in [7, 11) is 1.64. The normalized spacial score (nSPS) is 11.3. The van der Waals surface area contributed by atoms with Crippen LogP contribution in [0.3, 0.4) is 0 Å². The lowest BCUT2D eigenvalue weighted by atomic mass is 9.77. The maximum Gasteiger partial charge on any atom is 0.161 e. The third-order valence-corrected chi connectivity index (χ3v) is 6.59. The topological polar surface area (TPSA) is 36.3 Å². The van der Waals surface area contributed by atoms with Crippen molar-refractivity contribution in [2.24, 2.45) is 0 Å². The second-order valence-corrected chi connectivity index (χ2v) is 9.08. The van der Waals surface area contributed by atoms with Crippen LogP contribution in [-0.2, 0) is 12.1 Å². The molecule has 4 aromatic carbocycles. The highest BCUT2D eigenvalue weighted by molar-refractivity contribution is 9.10. The summed E-state index contributed by atoms with van der Waals surface area (Å²) in [6.07, 6.45) is 3.96. The predicted octanol–water partition coefficient (Wildman–Crippen LogP) is 7.07. The Morgan fingerprint density at radius 3 is 1.80 bits per heavy atom. The molecule has 0 aliphatic carbocycles. The Bertz CT molecular complexity index is 1290. The second kappa shape index (κ2) is 10.2. The Labute approximate surface area is 213 Å². The molecule has 0 atom stereocenters. The Morgan fingerprint density at radius 1 is 0.743 bits per heavy atom. The van der Waals surface area contributed by atoms with E-state index in [1.54, 1.807) is 7.11 Å². The Balaban J connectivity index is 1.60. The van der Waals surface area contributed by atoms with Crippen LogP contribution in [-0.4, -0.2) is 16.7 Å². The molecule has 174 valence electrons. The number of ether oxygens (including phenoxy) is 2. The van der Waals surface area contributed by atoms with Gasteiger partial charge in [0.05, 0.1) is 19.1 Å². The second-order valence-electron chi connectivity index (χ2n) is 8.16. The summed E-state index contributed by atoms with van der Waals surface area (Å²) in [6, 6.07) is 37.3. The Kier molecular flexibility index (Phi) is 6.68. The third kappa shape index (κ3) is 4.47. The van der Waals surface area contributed by atoms with Gasteiger partial charge in [-0.1, -0.05) is 107 Å². The van der Waals surface area contributed by atoms with Crippen molar-refractivity contribution in [1.29, 1.82) is 0 Å². The fraction of sp³-hybridized carbons (Fsp3) is 0.100. The van der Waals surface area contributed by atoms with Gasteiger partial charge in [-0.2, -0.15) is 0 Å². The number of imidazole rings is 1. The van der Waals surface area contributed by atoms with Crippen LogP contribution in [0.4, 0.5) is 0 Å². The van der Waals surface area contributed by atoms with Crippen LogP contribution in [0.2, 0.25) is 0 Å². The van der Waals surface area contributed by atoms with Gasteiger partial charge in [-0.05, 0) is 34.9 Å². The molecule has 0 bridgehead atoms. The van der Waals surface area contributed by atoms with E-state index >= 15 is 0 Å². The van der Waals surface area contributed by atoms with Crippen molar-refractivity contribution in [1.82, 2.24) is 9.55 Å². The highest BCUT2D eigenvalue weighted by Gasteiger charge is 2.38. The minimum atomic E-state index is -0.593. The van der Waals surface area contributed by atoms with Crippen LogP contribution in [0.1, 0.15) is 22.4 Å². The standard InChI is InChI=1S/C30H25BrN2O2/c1-34-29-19-26(31)17-18-28(29)35-21-27-20-33(22-32-27)30(23-11-5-2-6-12-23,24-13-7-3-8-14-24)25-15-9-4-10-16-25/h2-20,22H,21H2,1H3. The number of methoxy groups -OCH3 is 1. The van der Waals surface area contributed by atoms with E-state index in [9.17, 15) is 0 Å². The first-order chi connectivity index (χ1) is 17.2. The molecule has 4 nitrogen and oxygen atoms in total. The molecule has 0 saturated carbocycles. The quantitative estimate of drug-likeness (QED) is 0.203. The van der Waals surface area contributed by atoms with Crippen LogP contribution < -0.4 is 9.47 Å². The van der Waals surface area contributed by atoms with Gasteiger partial charge in [-0.15, -0.1) is 0 Å². The van der Waals surface area contributed by atoms with Gasteiger partial charge in [0.25, 0.3) is 0 Å². The SMILES string of the molecule is COc1cc(Br)ccc1OCc1cn(C(c2ccccc2)(c2ccccc2)c2ccccc2)cn1. The summed E-state index contributed by atoms with van der Waals surface area (Å²) in [5.74, 6) is 1.34. The number of halogens is 1. The lowest BCUT2D eigenvalue weighted by Gasteiger charge is -2.37. The molecule has 0 aliphatic heterocycles. The molecule has 0 fully saturated rings. The predicted molar refractivity (Wildman–Crippen MR) is 142 cm³/mol. The van der Waals surface area contributed by atoms with Crippen LogP contribution in [0, 0.1) is 0 Å². The molecule has 1 heterocycles. The first-order valence-corrected chi connectivity index (χ1v) is 12.2. The largest absolute Gasteiger partial charge is 0.493 e. The molecule has 0 spiro atoms. The molecule has 0 saturated heterocycles. The molecular formula is C30H25BrN2O2. The highest BCUT2D eigenvalue weighted by atomic mass is 79.9. The fourth-order valence-corrected chi connectivity index (χ4v) is 4.86. The summed E-state index contributed by atoms with van der Waals surface area (Å²) >= 11 is 3.47. The summed E-state index contributed by atoms with van der Waals surface area (Å²) in [5, 5.41) is 0. The zero-order chi connectivity index (χ0) is 24.1. The van der Waals surface area contributed by atoms with Crippen LogP contribution in [0.15, 0.2) is 126 Å². The van der Waals surface area contributed by atoms with Crippen molar-refractivity contribution in [2.45, 2.75) is 12.1 Å². The Hall–Kier alpha value is -3.83. The Morgan fingerprint density at radius 2 is 1.29 bits per heavy atom. The average Bonchev–Trinajstić information content (AvgIpc) is 3.39. The number of nitrogens with zero attached hydrogens (tertiary/aromatic N) is 2. The summed E-state index contributed by atoms with van der Waals surface area (Å²) in [6.45, 7) is 0.319. The van der Waals surface area contributed by atoms with Crippen molar-refractivity contribution in [3.8, 4) is 11.5 Å². The number of aromatic nitrogens is 2. The van der Waals surface area contributed by atoms with E-state index in [1.807, 2.05) is 42.7 Å². The van der Waals surface area contributed by atoms with E-state index in [-0.39, 0.29) is 0 Å². The summed E-state index contributed by atoms with van der Waals surface area (Å²) in [5.41, 5.74) is 3.68. The number of hydrogen-bond donors (Lipinski definition) is 0. The smallest absolute Gasteiger partial charge is 0.161 e. The molecule has 0 aliphatic rings. The van der Waals surface area contributed by atoms with Gasteiger partial charge in [0.15, 0.2) is 11.5 Å². The molecule has 0 amide bonds. The number of hydrogen-bond acceptors (Lipinski definition) is 3. The van der Waals surface area contributed by atoms with Crippen LogP contribution in [0.5, 0.6) is 11.5 Å². The average molecular weight is 525 g/mol. The van der Waals surface area contributed by atoms with E-state index < -0.39 is 5.54 Å². The summed E-state index contributed by atoms with van der Waals surface area (Å²) in [4.78, 5) is 4.73. The highest BCUT2D eigenvalue weighted by Crippen LogP contribution is 2.41. The van der Waals surface area contributed by atoms with Crippen LogP contribution >= 0.6 is 15.9 Å². The van der Waals surface area contributed by atoms with Gasteiger partial charge in [-0.25, -0.2) is 4.98 Å². The molecule has 35 heavy (non-hydrogen) atoms. The first-order valence-electron chi connectivity index (χ1n) is 11.4. The van der Waals surface area contributed by atoms with Gasteiger partial charge < -0.3 is 14.0 Å². The zero-order valence-corrected chi connectivity index (χ0v) is 20.9. The molecule has 0 radical (unpaired) electrons. The van der Waals surface area contributed by atoms with Crippen molar-refractivity contribution in [3.63, 3.8) is 0 Å². The first kappa shape index (κ1) is 22.9. The van der Waals surface area contributed by atoms with E-state index in [0.29, 0.717) is 18.1 Å². The van der Waals surface area contributed by atoms with Crippen molar-refractivity contribution < 1.29 is 9.47 Å². The molecule has 5 heteroatoms. The van der Waals surface area contributed by atoms with E-state index in [4.69, 9.17) is 14.5 Å². The molecular weight excluding hydrogens is 500 g/mol. The zero-order valence-electron chi connectivity index (χ0n) is 19.3. The minimum absolute atomic E-state index is 0.319. The van der Waals surface area contributed by atoms with Crippen molar-refractivity contribution >= 4 is 15.9 Å². The third-order valence-electron chi connectivity index (χ3n) is 6.10. The van der Waals surface area contributed by atoms with Gasteiger partial charge >= 0.3 is 0 Å². The molecule has 1 aromatic heterocycles. The summed E-state index contributed by atoms with van der Waals surface area (Å²) < 4.78 is 14.7. The molecule has 0 N–H and O–H groups in total. The van der Waals surface area contributed by atoms with Gasteiger partial charge in [0.1, 0.15) is 12.1 Å². The van der Waals surface area contributed by atoms with Gasteiger partial charge in [0.2, 0.25) is 0 Å². The van der Waals surface area contributed by atoms with Crippen LogP contribution in [0.25, 0.3) is 0 Å². The van der Waals surface area contributed by atoms with E-state index in [1.165, 1.54) is 0 Å². The van der Waals surface area contributed by atoms with Gasteiger partial charge in [-0.3, -0.25) is 0 Å². The molecule has 5 rings (SSSR count). The number of benzene rings is 4. The molecule has 5 aromatic rings. The maximum atomic E-state index is 6.09. The lowest BCUT2D eigenvalue weighted by molar-refractivity contribution is 0.281. The van der Waals surface area contributed by atoms with E-state index in [2.05, 4.69) is 99.5 Å². The maximum absolute atomic E-state index is 6.09. The van der Waals surface area contributed by atoms with Crippen molar-refractivity contribution in [2.75, 3.05) is 7.11 Å². The minimum Gasteiger partial charge on any atom is -0.493 e.